The zero-order valence-electron chi connectivity index (χ0n) is 17.3. The number of likely N-dealkylation sites (tertiary alicyclic amines) is 2. The number of piperidine rings is 1. The molecular weight excluding hydrogens is 354 g/mol. The van der Waals surface area contributed by atoms with Crippen LogP contribution in [0.4, 0.5) is 4.79 Å². The number of hydrogen-bond acceptors (Lipinski definition) is 4. The molecule has 0 radical (unpaired) electrons. The molecule has 2 amide bonds. The summed E-state index contributed by atoms with van der Waals surface area (Å²) in [5.74, 6) is 0. The van der Waals surface area contributed by atoms with E-state index in [2.05, 4.69) is 36.5 Å². The third-order valence-corrected chi connectivity index (χ3v) is 6.19. The molecule has 2 aliphatic heterocycles. The molecule has 2 unspecified atom stereocenters. The highest BCUT2D eigenvalue weighted by atomic mass is 16.5. The van der Waals surface area contributed by atoms with Crippen LogP contribution < -0.4 is 5.32 Å². The Labute approximate surface area is 168 Å². The lowest BCUT2D eigenvalue weighted by molar-refractivity contribution is 0.0249. The van der Waals surface area contributed by atoms with E-state index >= 15 is 0 Å². The van der Waals surface area contributed by atoms with Gasteiger partial charge in [0.2, 0.25) is 0 Å². The van der Waals surface area contributed by atoms with E-state index in [0.717, 1.165) is 38.9 Å². The van der Waals surface area contributed by atoms with E-state index in [1.165, 1.54) is 5.56 Å². The average molecular weight is 390 g/mol. The fourth-order valence-corrected chi connectivity index (χ4v) is 4.40. The number of carbonyl (C=O) groups excluding carboxylic acids is 1. The van der Waals surface area contributed by atoms with Crippen LogP contribution in [-0.4, -0.2) is 79.5 Å². The van der Waals surface area contributed by atoms with Crippen molar-refractivity contribution in [2.24, 2.45) is 5.41 Å². The van der Waals surface area contributed by atoms with E-state index in [1.54, 1.807) is 12.0 Å². The summed E-state index contributed by atoms with van der Waals surface area (Å²) in [6, 6.07) is 11.0. The van der Waals surface area contributed by atoms with Gasteiger partial charge in [-0.05, 0) is 38.2 Å². The fraction of sp³-hybridized carbons (Fsp3) is 0.682. The van der Waals surface area contributed by atoms with E-state index in [9.17, 15) is 9.90 Å². The Balaban J connectivity index is 1.50. The molecule has 2 N–H and O–H groups in total. The molecule has 2 saturated heterocycles. The zero-order valence-corrected chi connectivity index (χ0v) is 17.3. The topological polar surface area (TPSA) is 65.0 Å². The second kappa shape index (κ2) is 9.72. The van der Waals surface area contributed by atoms with Crippen molar-refractivity contribution in [3.8, 4) is 0 Å². The number of urea groups is 1. The highest BCUT2D eigenvalue weighted by Crippen LogP contribution is 2.32. The Morgan fingerprint density at radius 1 is 1.25 bits per heavy atom. The molecule has 0 spiro atoms. The van der Waals surface area contributed by atoms with E-state index in [0.29, 0.717) is 32.2 Å². The molecule has 2 atom stereocenters. The van der Waals surface area contributed by atoms with Crippen LogP contribution in [0, 0.1) is 5.41 Å². The number of benzene rings is 1. The summed E-state index contributed by atoms with van der Waals surface area (Å²) in [5.41, 5.74) is 1.41. The van der Waals surface area contributed by atoms with Gasteiger partial charge < -0.3 is 25.0 Å². The Morgan fingerprint density at radius 2 is 1.96 bits per heavy atom. The predicted molar refractivity (Wildman–Crippen MR) is 110 cm³/mol. The number of β-amino-alcohol motifs (C(OH)–C–C–N with tert-alkyl or cyclic N) is 1. The van der Waals surface area contributed by atoms with Crippen LogP contribution in [-0.2, 0) is 11.2 Å². The Hall–Kier alpha value is -1.63. The van der Waals surface area contributed by atoms with E-state index in [-0.39, 0.29) is 17.6 Å². The molecular formula is C22H35N3O3. The number of ether oxygens (including phenoxy) is 1. The summed E-state index contributed by atoms with van der Waals surface area (Å²) < 4.78 is 5.56. The average Bonchev–Trinajstić information content (AvgIpc) is 3.14. The van der Waals surface area contributed by atoms with Crippen LogP contribution in [0.5, 0.6) is 0 Å². The molecule has 6 nitrogen and oxygen atoms in total. The third-order valence-electron chi connectivity index (χ3n) is 6.19. The Kier molecular flexibility index (Phi) is 7.32. The van der Waals surface area contributed by atoms with Gasteiger partial charge in [-0.15, -0.1) is 0 Å². The van der Waals surface area contributed by atoms with Crippen LogP contribution in [0.15, 0.2) is 30.3 Å². The molecule has 156 valence electrons. The van der Waals surface area contributed by atoms with Crippen molar-refractivity contribution in [1.29, 1.82) is 0 Å². The predicted octanol–water partition coefficient (Wildman–Crippen LogP) is 2.12. The van der Waals surface area contributed by atoms with Crippen molar-refractivity contribution >= 4 is 6.03 Å². The normalized spacial score (nSPS) is 23.0. The Bertz CT molecular complexity index is 617. The number of amides is 2. The van der Waals surface area contributed by atoms with Gasteiger partial charge in [-0.3, -0.25) is 0 Å². The van der Waals surface area contributed by atoms with Crippen molar-refractivity contribution in [1.82, 2.24) is 15.1 Å². The summed E-state index contributed by atoms with van der Waals surface area (Å²) in [6.45, 7) is 6.48. The van der Waals surface area contributed by atoms with Crippen LogP contribution in [0.3, 0.4) is 0 Å². The Morgan fingerprint density at radius 3 is 2.57 bits per heavy atom. The number of carbonyl (C=O) groups is 1. The smallest absolute Gasteiger partial charge is 0.320 e. The van der Waals surface area contributed by atoms with Crippen LogP contribution in [0.1, 0.15) is 31.7 Å². The molecule has 0 saturated carbocycles. The summed E-state index contributed by atoms with van der Waals surface area (Å²) in [7, 11) is 1.76. The highest BCUT2D eigenvalue weighted by Gasteiger charge is 2.38. The molecule has 28 heavy (non-hydrogen) atoms. The van der Waals surface area contributed by atoms with Crippen LogP contribution in [0.25, 0.3) is 0 Å². The first-order chi connectivity index (χ1) is 13.5. The molecule has 2 heterocycles. The van der Waals surface area contributed by atoms with Crippen molar-refractivity contribution in [2.45, 2.75) is 44.8 Å². The van der Waals surface area contributed by atoms with Crippen molar-refractivity contribution in [3.63, 3.8) is 0 Å². The first-order valence-corrected chi connectivity index (χ1v) is 10.5. The third kappa shape index (κ3) is 5.46. The number of aliphatic hydroxyl groups is 1. The number of methoxy groups -OCH3 is 1. The van der Waals surface area contributed by atoms with Crippen molar-refractivity contribution in [2.75, 3.05) is 46.4 Å². The maximum atomic E-state index is 12.7. The van der Waals surface area contributed by atoms with Gasteiger partial charge in [-0.25, -0.2) is 4.79 Å². The standard InChI is InChI=1S/C22H35N3O3/c1-18(14-19-6-4-3-5-7-19)23-16-22(17-28-2)9-12-24(13-10-22)21(27)25-11-8-20(26)15-25/h3-7,18,20,23,26H,8-17H2,1-2H3. The van der Waals surface area contributed by atoms with Gasteiger partial charge in [0, 0.05) is 51.3 Å². The molecule has 1 aromatic rings. The molecule has 2 aliphatic rings. The molecule has 0 aliphatic carbocycles. The minimum atomic E-state index is -0.364. The first-order valence-electron chi connectivity index (χ1n) is 10.5. The lowest BCUT2D eigenvalue weighted by atomic mass is 9.78. The van der Waals surface area contributed by atoms with Gasteiger partial charge in [0.25, 0.3) is 0 Å². The lowest BCUT2D eigenvalue weighted by Crippen LogP contribution is -2.52. The fourth-order valence-electron chi connectivity index (χ4n) is 4.40. The minimum Gasteiger partial charge on any atom is -0.391 e. The number of hydrogen-bond donors (Lipinski definition) is 2. The minimum absolute atomic E-state index is 0.0704. The number of aliphatic hydroxyl groups excluding tert-OH is 1. The largest absolute Gasteiger partial charge is 0.391 e. The highest BCUT2D eigenvalue weighted by molar-refractivity contribution is 5.75. The second-order valence-electron chi connectivity index (χ2n) is 8.56. The van der Waals surface area contributed by atoms with Gasteiger partial charge in [-0.2, -0.15) is 0 Å². The molecule has 0 aromatic heterocycles. The van der Waals surface area contributed by atoms with Gasteiger partial charge in [0.15, 0.2) is 0 Å². The second-order valence-corrected chi connectivity index (χ2v) is 8.56. The summed E-state index contributed by atoms with van der Waals surface area (Å²) in [6.07, 6.45) is 3.21. The molecule has 3 rings (SSSR count). The van der Waals surface area contributed by atoms with Gasteiger partial charge in [0.1, 0.15) is 0 Å². The van der Waals surface area contributed by atoms with Crippen molar-refractivity contribution in [3.05, 3.63) is 35.9 Å². The zero-order chi connectivity index (χ0) is 20.0. The molecule has 2 fully saturated rings. The number of nitrogens with zero attached hydrogens (tertiary/aromatic N) is 2. The lowest BCUT2D eigenvalue weighted by Gasteiger charge is -2.43. The summed E-state index contributed by atoms with van der Waals surface area (Å²) in [5, 5.41) is 13.4. The molecule has 1 aromatic carbocycles. The maximum absolute atomic E-state index is 12.7. The summed E-state index contributed by atoms with van der Waals surface area (Å²) in [4.78, 5) is 16.4. The molecule has 0 bridgehead atoms. The van der Waals surface area contributed by atoms with Gasteiger partial charge in [0.05, 0.1) is 12.7 Å². The maximum Gasteiger partial charge on any atom is 0.320 e. The van der Waals surface area contributed by atoms with Gasteiger partial charge in [-0.1, -0.05) is 30.3 Å². The number of nitrogens with one attached hydrogen (secondary N) is 1. The van der Waals surface area contributed by atoms with E-state index in [1.807, 2.05) is 11.0 Å². The van der Waals surface area contributed by atoms with Crippen LogP contribution in [0.2, 0.25) is 0 Å². The van der Waals surface area contributed by atoms with E-state index in [4.69, 9.17) is 4.74 Å². The summed E-state index contributed by atoms with van der Waals surface area (Å²) >= 11 is 0. The monoisotopic (exact) mass is 389 g/mol. The number of rotatable bonds is 7. The van der Waals surface area contributed by atoms with E-state index < -0.39 is 0 Å². The SMILES string of the molecule is COCC1(CNC(C)Cc2ccccc2)CCN(C(=O)N2CCC(O)C2)CC1. The quantitative estimate of drug-likeness (QED) is 0.750. The van der Waals surface area contributed by atoms with Gasteiger partial charge >= 0.3 is 6.03 Å². The first kappa shape index (κ1) is 21.1. The molecule has 6 heteroatoms. The van der Waals surface area contributed by atoms with Crippen molar-refractivity contribution < 1.29 is 14.6 Å². The van der Waals surface area contributed by atoms with Crippen LogP contribution >= 0.6 is 0 Å².